The molecule has 2 atom stereocenters. The van der Waals surface area contributed by atoms with E-state index in [-0.39, 0.29) is 11.2 Å². The summed E-state index contributed by atoms with van der Waals surface area (Å²) in [5, 5.41) is 12.9. The second-order valence-electron chi connectivity index (χ2n) is 5.11. The van der Waals surface area contributed by atoms with Crippen molar-refractivity contribution in [1.29, 1.82) is 0 Å². The first-order valence-corrected chi connectivity index (χ1v) is 9.20. The molecule has 2 aromatic carbocycles. The fourth-order valence-electron chi connectivity index (χ4n) is 2.43. The first-order valence-electron chi connectivity index (χ1n) is 7.10. The van der Waals surface area contributed by atoms with Gasteiger partial charge in [-0.25, -0.2) is 0 Å². The summed E-state index contributed by atoms with van der Waals surface area (Å²) in [6.45, 7) is 0. The molecule has 0 saturated heterocycles. The molecule has 1 amide bonds. The topological polar surface area (TPSA) is 58.6 Å². The number of aliphatic hydroxyl groups excluding tert-OH is 1. The molecule has 2 N–H and O–H groups in total. The lowest BCUT2D eigenvalue weighted by molar-refractivity contribution is -0.124. The third-order valence-corrected chi connectivity index (χ3v) is 5.82. The molecule has 0 spiro atoms. The lowest BCUT2D eigenvalue weighted by atomic mass is 10.1. The van der Waals surface area contributed by atoms with E-state index in [1.54, 1.807) is 18.9 Å². The molecule has 6 heteroatoms. The van der Waals surface area contributed by atoms with Crippen molar-refractivity contribution in [1.82, 2.24) is 0 Å². The third-order valence-electron chi connectivity index (χ3n) is 3.70. The van der Waals surface area contributed by atoms with Gasteiger partial charge in [-0.2, -0.15) is 0 Å². The van der Waals surface area contributed by atoms with Crippen LogP contribution in [-0.2, 0) is 4.79 Å². The molecule has 2 aromatic rings. The van der Waals surface area contributed by atoms with Crippen molar-refractivity contribution in [3.05, 3.63) is 48.0 Å². The van der Waals surface area contributed by atoms with Crippen LogP contribution in [0.4, 0.5) is 5.69 Å². The Morgan fingerprint density at radius 2 is 1.96 bits per heavy atom. The van der Waals surface area contributed by atoms with Crippen LogP contribution in [0.15, 0.2) is 52.3 Å². The summed E-state index contributed by atoms with van der Waals surface area (Å²) in [5.74, 6) is 0.367. The maximum absolute atomic E-state index is 12.3. The number of rotatable bonds is 3. The van der Waals surface area contributed by atoms with Gasteiger partial charge in [-0.3, -0.25) is 4.79 Å². The van der Waals surface area contributed by atoms with Gasteiger partial charge in [0.1, 0.15) is 11.9 Å². The molecule has 3 rings (SSSR count). The van der Waals surface area contributed by atoms with Crippen molar-refractivity contribution in [3.63, 3.8) is 0 Å². The van der Waals surface area contributed by atoms with Gasteiger partial charge in [0.25, 0.3) is 5.91 Å². The van der Waals surface area contributed by atoms with Gasteiger partial charge in [-0.1, -0.05) is 12.1 Å². The number of carbonyl (C=O) groups is 1. The molecule has 0 saturated carbocycles. The minimum Gasteiger partial charge on any atom is -0.497 e. The molecule has 0 aliphatic carbocycles. The Morgan fingerprint density at radius 1 is 1.22 bits per heavy atom. The fourth-order valence-corrected chi connectivity index (χ4v) is 4.07. The Bertz CT molecular complexity index is 718. The first kappa shape index (κ1) is 16.2. The highest BCUT2D eigenvalue weighted by Crippen LogP contribution is 2.44. The van der Waals surface area contributed by atoms with Gasteiger partial charge in [0.15, 0.2) is 0 Å². The molecule has 0 fully saturated rings. The van der Waals surface area contributed by atoms with Crippen LogP contribution >= 0.6 is 23.5 Å². The number of fused-ring (bicyclic) bond motifs is 1. The van der Waals surface area contributed by atoms with Crippen LogP contribution in [0.1, 0.15) is 10.8 Å². The van der Waals surface area contributed by atoms with Crippen molar-refractivity contribution >= 4 is 35.1 Å². The van der Waals surface area contributed by atoms with Gasteiger partial charge in [-0.15, -0.1) is 23.5 Å². The normalized spacial score (nSPS) is 20.4. The molecule has 1 heterocycles. The number of methoxy groups -OCH3 is 1. The Morgan fingerprint density at radius 3 is 2.61 bits per heavy atom. The van der Waals surface area contributed by atoms with Crippen LogP contribution < -0.4 is 10.1 Å². The zero-order valence-electron chi connectivity index (χ0n) is 12.8. The van der Waals surface area contributed by atoms with Crippen LogP contribution in [0.5, 0.6) is 5.75 Å². The zero-order chi connectivity index (χ0) is 16.4. The number of carbonyl (C=O) groups excluding carboxylic acids is 1. The van der Waals surface area contributed by atoms with Gasteiger partial charge < -0.3 is 15.2 Å². The van der Waals surface area contributed by atoms with Crippen molar-refractivity contribution in [2.45, 2.75) is 21.1 Å². The van der Waals surface area contributed by atoms with Crippen molar-refractivity contribution in [3.8, 4) is 5.75 Å². The van der Waals surface area contributed by atoms with Gasteiger partial charge in [0.05, 0.1) is 18.0 Å². The van der Waals surface area contributed by atoms with E-state index in [1.807, 2.05) is 48.7 Å². The van der Waals surface area contributed by atoms with Crippen LogP contribution in [0.25, 0.3) is 0 Å². The van der Waals surface area contributed by atoms with Crippen molar-refractivity contribution in [2.75, 3.05) is 18.7 Å². The van der Waals surface area contributed by atoms with E-state index >= 15 is 0 Å². The van der Waals surface area contributed by atoms with E-state index in [9.17, 15) is 9.90 Å². The monoisotopic (exact) mass is 347 g/mol. The predicted octanol–water partition coefficient (Wildman–Crippen LogP) is 3.56. The summed E-state index contributed by atoms with van der Waals surface area (Å²) in [6.07, 6.45) is 0.876. The SMILES string of the molecule is COc1ccc([C@H]2Sc3ccc(SC)cc3NC(=O)[C@H]2O)cc1. The molecule has 0 bridgehead atoms. The summed E-state index contributed by atoms with van der Waals surface area (Å²) in [7, 11) is 1.61. The smallest absolute Gasteiger partial charge is 0.254 e. The summed E-state index contributed by atoms with van der Waals surface area (Å²) in [5.41, 5.74) is 1.64. The molecular weight excluding hydrogens is 330 g/mol. The van der Waals surface area contributed by atoms with E-state index < -0.39 is 6.10 Å². The predicted molar refractivity (Wildman–Crippen MR) is 94.5 cm³/mol. The van der Waals surface area contributed by atoms with Crippen LogP contribution in [0.3, 0.4) is 0 Å². The number of hydrogen-bond donors (Lipinski definition) is 2. The molecule has 0 radical (unpaired) electrons. The number of hydrogen-bond acceptors (Lipinski definition) is 5. The Hall–Kier alpha value is -1.63. The Kier molecular flexibility index (Phi) is 4.84. The first-order chi connectivity index (χ1) is 11.1. The van der Waals surface area contributed by atoms with E-state index in [0.717, 1.165) is 26.8 Å². The Labute approximate surface area is 143 Å². The number of anilines is 1. The summed E-state index contributed by atoms with van der Waals surface area (Å²) in [4.78, 5) is 14.3. The number of ether oxygens (including phenoxy) is 1. The molecule has 0 aromatic heterocycles. The van der Waals surface area contributed by atoms with E-state index in [0.29, 0.717) is 0 Å². The second-order valence-corrected chi connectivity index (χ2v) is 7.17. The largest absolute Gasteiger partial charge is 0.497 e. The van der Waals surface area contributed by atoms with Crippen LogP contribution in [-0.4, -0.2) is 30.5 Å². The highest BCUT2D eigenvalue weighted by Gasteiger charge is 2.32. The Balaban J connectivity index is 1.97. The van der Waals surface area contributed by atoms with Crippen molar-refractivity contribution in [2.24, 2.45) is 0 Å². The molecule has 4 nitrogen and oxygen atoms in total. The second kappa shape index (κ2) is 6.86. The maximum Gasteiger partial charge on any atom is 0.254 e. The van der Waals surface area contributed by atoms with Gasteiger partial charge >= 0.3 is 0 Å². The highest BCUT2D eigenvalue weighted by molar-refractivity contribution is 8.00. The quantitative estimate of drug-likeness (QED) is 0.832. The average Bonchev–Trinajstić information content (AvgIpc) is 2.71. The molecule has 1 aliphatic heterocycles. The molecule has 120 valence electrons. The van der Waals surface area contributed by atoms with Gasteiger partial charge in [-0.05, 0) is 42.2 Å². The number of amides is 1. The number of aliphatic hydroxyl groups is 1. The van der Waals surface area contributed by atoms with Crippen molar-refractivity contribution < 1.29 is 14.6 Å². The summed E-state index contributed by atoms with van der Waals surface area (Å²) in [6, 6.07) is 13.4. The van der Waals surface area contributed by atoms with Crippen LogP contribution in [0.2, 0.25) is 0 Å². The van der Waals surface area contributed by atoms with E-state index in [4.69, 9.17) is 4.74 Å². The molecule has 0 unspecified atom stereocenters. The average molecular weight is 347 g/mol. The van der Waals surface area contributed by atoms with E-state index in [2.05, 4.69) is 5.32 Å². The highest BCUT2D eigenvalue weighted by atomic mass is 32.2. The third kappa shape index (κ3) is 3.34. The number of benzene rings is 2. The lowest BCUT2D eigenvalue weighted by Gasteiger charge is -2.19. The number of nitrogens with one attached hydrogen (secondary N) is 1. The molecule has 1 aliphatic rings. The minimum absolute atomic E-state index is 0.359. The fraction of sp³-hybridized carbons (Fsp3) is 0.235. The standard InChI is InChI=1S/C17H17NO3S2/c1-21-11-5-3-10(4-6-11)16-15(19)17(20)18-13-9-12(22-2)7-8-14(13)23-16/h3-9,15-16,19H,1-2H3,(H,18,20)/t15-,16+/m0/s1. The summed E-state index contributed by atoms with van der Waals surface area (Å²) >= 11 is 3.11. The summed E-state index contributed by atoms with van der Waals surface area (Å²) < 4.78 is 5.16. The lowest BCUT2D eigenvalue weighted by Crippen LogP contribution is -2.30. The maximum atomic E-state index is 12.3. The zero-order valence-corrected chi connectivity index (χ0v) is 14.4. The molecular formula is C17H17NO3S2. The van der Waals surface area contributed by atoms with E-state index in [1.165, 1.54) is 11.8 Å². The van der Waals surface area contributed by atoms with Crippen LogP contribution in [0, 0.1) is 0 Å². The van der Waals surface area contributed by atoms with Gasteiger partial charge in [0.2, 0.25) is 0 Å². The molecule has 23 heavy (non-hydrogen) atoms. The number of thioether (sulfide) groups is 2. The van der Waals surface area contributed by atoms with Gasteiger partial charge in [0, 0.05) is 9.79 Å². The minimum atomic E-state index is -1.11.